The van der Waals surface area contributed by atoms with Crippen LogP contribution in [-0.4, -0.2) is 55.9 Å². The first-order valence-electron chi connectivity index (χ1n) is 6.07. The Hall–Kier alpha value is -0.650. The Bertz CT molecular complexity index is 268. The summed E-state index contributed by atoms with van der Waals surface area (Å²) in [6, 6.07) is 0.420. The molecule has 0 radical (unpaired) electrons. The predicted octanol–water partition coefficient (Wildman–Crippen LogP) is 0.376. The van der Waals surface area contributed by atoms with Crippen molar-refractivity contribution in [2.24, 2.45) is 5.73 Å². The summed E-state index contributed by atoms with van der Waals surface area (Å²) in [7, 11) is 3.41. The molecule has 0 saturated carbocycles. The van der Waals surface area contributed by atoms with E-state index in [9.17, 15) is 4.79 Å². The topological polar surface area (TPSA) is 64.8 Å². The molecule has 1 fully saturated rings. The molecule has 0 aromatic carbocycles. The maximum Gasteiger partial charge on any atom is 0.325 e. The van der Waals surface area contributed by atoms with Crippen LogP contribution in [0.15, 0.2) is 0 Å². The fourth-order valence-corrected chi connectivity index (χ4v) is 2.21. The molecule has 1 saturated heterocycles. The molecule has 1 aliphatic rings. The van der Waals surface area contributed by atoms with Crippen LogP contribution in [0.5, 0.6) is 0 Å². The van der Waals surface area contributed by atoms with E-state index in [1.807, 2.05) is 7.05 Å². The monoisotopic (exact) mass is 244 g/mol. The predicted molar refractivity (Wildman–Crippen MR) is 65.7 cm³/mol. The molecular weight excluding hydrogens is 220 g/mol. The van der Waals surface area contributed by atoms with Crippen molar-refractivity contribution in [1.29, 1.82) is 0 Å². The first-order valence-corrected chi connectivity index (χ1v) is 6.07. The molecule has 100 valence electrons. The zero-order valence-corrected chi connectivity index (χ0v) is 11.2. The minimum Gasteiger partial charge on any atom is -0.468 e. The number of hydrogen-bond acceptors (Lipinski definition) is 5. The van der Waals surface area contributed by atoms with Gasteiger partial charge in [0.2, 0.25) is 0 Å². The van der Waals surface area contributed by atoms with Crippen LogP contribution in [0.25, 0.3) is 0 Å². The van der Waals surface area contributed by atoms with Gasteiger partial charge < -0.3 is 20.1 Å². The molecule has 0 spiro atoms. The molecule has 0 aliphatic carbocycles. The number of hydrogen-bond donors (Lipinski definition) is 1. The van der Waals surface area contributed by atoms with Gasteiger partial charge in [0.25, 0.3) is 0 Å². The fourth-order valence-electron chi connectivity index (χ4n) is 2.21. The van der Waals surface area contributed by atoms with E-state index in [0.29, 0.717) is 12.5 Å². The lowest BCUT2D eigenvalue weighted by atomic mass is 9.98. The van der Waals surface area contributed by atoms with Gasteiger partial charge in [-0.2, -0.15) is 0 Å². The smallest absolute Gasteiger partial charge is 0.325 e. The normalized spacial score (nSPS) is 28.1. The van der Waals surface area contributed by atoms with Crippen LogP contribution in [-0.2, 0) is 14.3 Å². The van der Waals surface area contributed by atoms with E-state index in [1.165, 1.54) is 7.11 Å². The highest BCUT2D eigenvalue weighted by Crippen LogP contribution is 2.19. The third kappa shape index (κ3) is 3.66. The van der Waals surface area contributed by atoms with Gasteiger partial charge in [-0.25, -0.2) is 0 Å². The Balaban J connectivity index is 2.42. The number of ether oxygens (including phenoxy) is 2. The van der Waals surface area contributed by atoms with Crippen LogP contribution in [0.4, 0.5) is 0 Å². The van der Waals surface area contributed by atoms with Crippen LogP contribution in [0.3, 0.4) is 0 Å². The number of carbonyl (C=O) groups is 1. The van der Waals surface area contributed by atoms with E-state index in [2.05, 4.69) is 16.6 Å². The fraction of sp³-hybridized carbons (Fsp3) is 0.917. The molecule has 1 aliphatic heterocycles. The van der Waals surface area contributed by atoms with Crippen molar-refractivity contribution < 1.29 is 14.3 Å². The molecule has 0 aromatic heterocycles. The van der Waals surface area contributed by atoms with Crippen molar-refractivity contribution in [3.05, 3.63) is 0 Å². The van der Waals surface area contributed by atoms with Crippen molar-refractivity contribution in [1.82, 2.24) is 4.90 Å². The maximum absolute atomic E-state index is 11.4. The second-order valence-corrected chi connectivity index (χ2v) is 5.07. The van der Waals surface area contributed by atoms with Crippen LogP contribution in [0.2, 0.25) is 0 Å². The Morgan fingerprint density at radius 1 is 1.65 bits per heavy atom. The van der Waals surface area contributed by atoms with Crippen molar-refractivity contribution >= 4 is 5.97 Å². The standard InChI is InChI=1S/C12H24N2O3/c1-9-10(5-8-17-9)14(3)7-6-12(2,13)11(15)16-4/h9-10H,5-8,13H2,1-4H3. The lowest BCUT2D eigenvalue weighted by Gasteiger charge is -2.30. The SMILES string of the molecule is COC(=O)C(C)(N)CCN(C)C1CCOC1C. The number of esters is 1. The summed E-state index contributed by atoms with van der Waals surface area (Å²) in [4.78, 5) is 13.7. The minimum absolute atomic E-state index is 0.252. The van der Waals surface area contributed by atoms with Crippen LogP contribution >= 0.6 is 0 Å². The first-order chi connectivity index (χ1) is 7.88. The molecule has 5 heteroatoms. The molecule has 1 rings (SSSR count). The van der Waals surface area contributed by atoms with Gasteiger partial charge in [0.15, 0.2) is 0 Å². The molecule has 17 heavy (non-hydrogen) atoms. The van der Waals surface area contributed by atoms with Gasteiger partial charge in [0.1, 0.15) is 5.54 Å². The summed E-state index contributed by atoms with van der Waals surface area (Å²) >= 11 is 0. The Morgan fingerprint density at radius 2 is 2.29 bits per heavy atom. The zero-order valence-electron chi connectivity index (χ0n) is 11.2. The lowest BCUT2D eigenvalue weighted by molar-refractivity contribution is -0.146. The summed E-state index contributed by atoms with van der Waals surface area (Å²) in [5.74, 6) is -0.360. The van der Waals surface area contributed by atoms with Gasteiger partial charge in [0, 0.05) is 19.2 Å². The number of rotatable bonds is 5. The second-order valence-electron chi connectivity index (χ2n) is 5.07. The molecule has 1 heterocycles. The number of methoxy groups -OCH3 is 1. The van der Waals surface area contributed by atoms with Crippen molar-refractivity contribution in [2.45, 2.75) is 44.4 Å². The lowest BCUT2D eigenvalue weighted by Crippen LogP contribution is -2.49. The maximum atomic E-state index is 11.4. The average Bonchev–Trinajstić information content (AvgIpc) is 2.71. The largest absolute Gasteiger partial charge is 0.468 e. The van der Waals surface area contributed by atoms with Crippen LogP contribution < -0.4 is 5.73 Å². The number of likely N-dealkylation sites (N-methyl/N-ethyl adjacent to an activating group) is 1. The molecule has 5 nitrogen and oxygen atoms in total. The summed E-state index contributed by atoms with van der Waals surface area (Å²) in [6.07, 6.45) is 1.87. The quantitative estimate of drug-likeness (QED) is 0.708. The molecule has 0 bridgehead atoms. The number of nitrogens with zero attached hydrogens (tertiary/aromatic N) is 1. The van der Waals surface area contributed by atoms with Gasteiger partial charge in [-0.3, -0.25) is 4.79 Å². The van der Waals surface area contributed by atoms with Gasteiger partial charge in [0.05, 0.1) is 13.2 Å². The summed E-state index contributed by atoms with van der Waals surface area (Å²) in [6.45, 7) is 5.37. The highest BCUT2D eigenvalue weighted by Gasteiger charge is 2.32. The molecule has 0 amide bonds. The van der Waals surface area contributed by atoms with Crippen molar-refractivity contribution in [2.75, 3.05) is 27.3 Å². The van der Waals surface area contributed by atoms with E-state index < -0.39 is 5.54 Å². The molecule has 3 unspecified atom stereocenters. The number of nitrogens with two attached hydrogens (primary N) is 1. The first kappa shape index (κ1) is 14.4. The Morgan fingerprint density at radius 3 is 2.76 bits per heavy atom. The third-order valence-corrected chi connectivity index (χ3v) is 3.54. The van der Waals surface area contributed by atoms with E-state index in [0.717, 1.165) is 19.6 Å². The molecule has 0 aromatic rings. The minimum atomic E-state index is -0.911. The summed E-state index contributed by atoms with van der Waals surface area (Å²) < 4.78 is 10.2. The molecule has 2 N–H and O–H groups in total. The van der Waals surface area contributed by atoms with Crippen molar-refractivity contribution in [3.8, 4) is 0 Å². The van der Waals surface area contributed by atoms with Crippen molar-refractivity contribution in [3.63, 3.8) is 0 Å². The third-order valence-electron chi connectivity index (χ3n) is 3.54. The van der Waals surface area contributed by atoms with Crippen LogP contribution in [0.1, 0.15) is 26.7 Å². The van der Waals surface area contributed by atoms with Gasteiger partial charge in [-0.1, -0.05) is 0 Å². The molecule has 3 atom stereocenters. The Labute approximate surface area is 103 Å². The second kappa shape index (κ2) is 5.80. The summed E-state index contributed by atoms with van der Waals surface area (Å²) in [5.41, 5.74) is 5.01. The van der Waals surface area contributed by atoms with Gasteiger partial charge in [-0.15, -0.1) is 0 Å². The summed E-state index contributed by atoms with van der Waals surface area (Å²) in [5, 5.41) is 0. The zero-order chi connectivity index (χ0) is 13.1. The molecular formula is C12H24N2O3. The van der Waals surface area contributed by atoms with Gasteiger partial charge >= 0.3 is 5.97 Å². The highest BCUT2D eigenvalue weighted by atomic mass is 16.5. The van der Waals surface area contributed by atoms with Gasteiger partial charge in [-0.05, 0) is 33.7 Å². The van der Waals surface area contributed by atoms with E-state index in [1.54, 1.807) is 6.92 Å². The highest BCUT2D eigenvalue weighted by molar-refractivity contribution is 5.79. The number of carbonyl (C=O) groups excluding carboxylic acids is 1. The van der Waals surface area contributed by atoms with E-state index in [-0.39, 0.29) is 12.1 Å². The van der Waals surface area contributed by atoms with Crippen LogP contribution in [0, 0.1) is 0 Å². The Kier molecular flexibility index (Phi) is 4.91. The van der Waals surface area contributed by atoms with E-state index in [4.69, 9.17) is 10.5 Å². The average molecular weight is 244 g/mol. The van der Waals surface area contributed by atoms with E-state index >= 15 is 0 Å².